The number of carbonyl (C=O) groups is 1. The zero-order chi connectivity index (χ0) is 12.1. The normalized spacial score (nSPS) is 12.6. The topological polar surface area (TPSA) is 49.3 Å². The fraction of sp³-hybridized carbons (Fsp3) is 0.417. The highest BCUT2D eigenvalue weighted by atomic mass is 79.9. The van der Waals surface area contributed by atoms with Gasteiger partial charge in [0, 0.05) is 10.2 Å². The van der Waals surface area contributed by atoms with Gasteiger partial charge < -0.3 is 10.4 Å². The molecule has 1 rings (SSSR count). The van der Waals surface area contributed by atoms with Gasteiger partial charge in [0.1, 0.15) is 0 Å². The maximum Gasteiger partial charge on any atom is 0.226 e. The molecule has 2 N–H and O–H groups in total. The van der Waals surface area contributed by atoms with Crippen LogP contribution in [0.15, 0.2) is 28.7 Å². The van der Waals surface area contributed by atoms with E-state index in [-0.39, 0.29) is 18.2 Å². The maximum absolute atomic E-state index is 11.5. The van der Waals surface area contributed by atoms with Crippen LogP contribution in [0.3, 0.4) is 0 Å². The zero-order valence-electron chi connectivity index (χ0n) is 9.40. The second kappa shape index (κ2) is 6.01. The first-order valence-electron chi connectivity index (χ1n) is 5.22. The Bertz CT molecular complexity index is 349. The molecule has 1 aromatic carbocycles. The number of hydrogen-bond acceptors (Lipinski definition) is 2. The third-order valence-corrected chi connectivity index (χ3v) is 2.82. The Morgan fingerprint density at radius 2 is 1.94 bits per heavy atom. The monoisotopic (exact) mass is 285 g/mol. The number of hydrogen-bond donors (Lipinski definition) is 2. The summed E-state index contributed by atoms with van der Waals surface area (Å²) < 4.78 is 0.965. The molecule has 4 heteroatoms. The van der Waals surface area contributed by atoms with Crippen molar-refractivity contribution in [2.24, 2.45) is 5.92 Å². The lowest BCUT2D eigenvalue weighted by Gasteiger charge is -2.13. The van der Waals surface area contributed by atoms with E-state index in [0.29, 0.717) is 0 Å². The van der Waals surface area contributed by atoms with Crippen molar-refractivity contribution >= 4 is 27.5 Å². The quantitative estimate of drug-likeness (QED) is 0.894. The van der Waals surface area contributed by atoms with Crippen molar-refractivity contribution in [3.63, 3.8) is 0 Å². The largest absolute Gasteiger partial charge is 0.392 e. The van der Waals surface area contributed by atoms with E-state index in [9.17, 15) is 9.90 Å². The molecule has 3 nitrogen and oxygen atoms in total. The number of carbonyl (C=O) groups excluding carboxylic acids is 1. The Balaban J connectivity index is 2.48. The van der Waals surface area contributed by atoms with Crippen molar-refractivity contribution in [2.45, 2.75) is 26.4 Å². The molecule has 0 aliphatic heterocycles. The van der Waals surface area contributed by atoms with E-state index in [2.05, 4.69) is 21.2 Å². The van der Waals surface area contributed by atoms with Crippen LogP contribution in [-0.4, -0.2) is 17.1 Å². The van der Waals surface area contributed by atoms with Gasteiger partial charge in [-0.1, -0.05) is 29.8 Å². The first-order chi connectivity index (χ1) is 7.49. The molecule has 0 aromatic heterocycles. The molecule has 1 atom stereocenters. The molecular weight excluding hydrogens is 270 g/mol. The molecule has 0 spiro atoms. The molecule has 0 aliphatic carbocycles. The summed E-state index contributed by atoms with van der Waals surface area (Å²) in [4.78, 5) is 11.5. The first-order valence-corrected chi connectivity index (χ1v) is 6.02. The highest BCUT2D eigenvalue weighted by molar-refractivity contribution is 9.10. The van der Waals surface area contributed by atoms with Crippen LogP contribution in [0.2, 0.25) is 0 Å². The van der Waals surface area contributed by atoms with Crippen molar-refractivity contribution in [2.75, 3.05) is 5.32 Å². The van der Waals surface area contributed by atoms with Gasteiger partial charge in [-0.05, 0) is 30.2 Å². The molecule has 0 saturated heterocycles. The summed E-state index contributed by atoms with van der Waals surface area (Å²) in [5, 5.41) is 12.3. The Morgan fingerprint density at radius 1 is 1.38 bits per heavy atom. The van der Waals surface area contributed by atoms with Crippen LogP contribution < -0.4 is 5.32 Å². The second-order valence-corrected chi connectivity index (χ2v) is 4.99. The summed E-state index contributed by atoms with van der Waals surface area (Å²) in [7, 11) is 0. The molecule has 1 amide bonds. The maximum atomic E-state index is 11.5. The van der Waals surface area contributed by atoms with E-state index >= 15 is 0 Å². The van der Waals surface area contributed by atoms with E-state index in [0.717, 1.165) is 10.2 Å². The lowest BCUT2D eigenvalue weighted by atomic mass is 10.0. The van der Waals surface area contributed by atoms with Crippen LogP contribution in [0.4, 0.5) is 5.69 Å². The lowest BCUT2D eigenvalue weighted by Crippen LogP contribution is -2.23. The van der Waals surface area contributed by atoms with Crippen LogP contribution in [0.25, 0.3) is 0 Å². The van der Waals surface area contributed by atoms with Crippen LogP contribution in [0, 0.1) is 5.92 Å². The summed E-state index contributed by atoms with van der Waals surface area (Å²) in [6, 6.07) is 7.33. The number of aliphatic hydroxyl groups excluding tert-OH is 1. The molecule has 0 aliphatic rings. The Kier molecular flexibility index (Phi) is 4.96. The van der Waals surface area contributed by atoms with Gasteiger partial charge in [-0.3, -0.25) is 4.79 Å². The van der Waals surface area contributed by atoms with Crippen molar-refractivity contribution in [1.82, 2.24) is 0 Å². The predicted octanol–water partition coefficient (Wildman–Crippen LogP) is 2.79. The summed E-state index contributed by atoms with van der Waals surface area (Å²) in [5.41, 5.74) is 0.740. The zero-order valence-corrected chi connectivity index (χ0v) is 11.0. The Morgan fingerprint density at radius 3 is 2.44 bits per heavy atom. The molecular formula is C12H16BrNO2. The molecule has 1 aromatic rings. The van der Waals surface area contributed by atoms with E-state index in [1.54, 1.807) is 0 Å². The number of rotatable bonds is 4. The van der Waals surface area contributed by atoms with Crippen LogP contribution in [0.5, 0.6) is 0 Å². The smallest absolute Gasteiger partial charge is 0.226 e. The SMILES string of the molecule is CC(C)C(O)CC(=O)Nc1ccc(Br)cc1. The fourth-order valence-electron chi connectivity index (χ4n) is 1.17. The molecule has 0 saturated carbocycles. The highest BCUT2D eigenvalue weighted by Crippen LogP contribution is 2.15. The third kappa shape index (κ3) is 4.33. The van der Waals surface area contributed by atoms with Gasteiger partial charge in [0.15, 0.2) is 0 Å². The summed E-state index contributed by atoms with van der Waals surface area (Å²) >= 11 is 3.32. The molecule has 0 bridgehead atoms. The fourth-order valence-corrected chi connectivity index (χ4v) is 1.44. The summed E-state index contributed by atoms with van der Waals surface area (Å²) in [6.45, 7) is 3.77. The van der Waals surface area contributed by atoms with Crippen molar-refractivity contribution in [1.29, 1.82) is 0 Å². The highest BCUT2D eigenvalue weighted by Gasteiger charge is 2.14. The minimum Gasteiger partial charge on any atom is -0.392 e. The van der Waals surface area contributed by atoms with E-state index < -0.39 is 6.10 Å². The van der Waals surface area contributed by atoms with Gasteiger partial charge in [-0.2, -0.15) is 0 Å². The number of aliphatic hydroxyl groups is 1. The van der Waals surface area contributed by atoms with Gasteiger partial charge in [0.05, 0.1) is 12.5 Å². The number of nitrogens with one attached hydrogen (secondary N) is 1. The van der Waals surface area contributed by atoms with Crippen molar-refractivity contribution in [3.8, 4) is 0 Å². The van der Waals surface area contributed by atoms with Gasteiger partial charge in [0.2, 0.25) is 5.91 Å². The number of amides is 1. The summed E-state index contributed by atoms with van der Waals surface area (Å²) in [5.74, 6) is -0.0702. The van der Waals surface area contributed by atoms with E-state index in [4.69, 9.17) is 0 Å². The first kappa shape index (κ1) is 13.2. The van der Waals surface area contributed by atoms with Gasteiger partial charge in [-0.15, -0.1) is 0 Å². The predicted molar refractivity (Wildman–Crippen MR) is 68.2 cm³/mol. The minimum atomic E-state index is -0.588. The van der Waals surface area contributed by atoms with E-state index in [1.165, 1.54) is 0 Å². The molecule has 0 radical (unpaired) electrons. The van der Waals surface area contributed by atoms with Crippen molar-refractivity contribution < 1.29 is 9.90 Å². The Labute approximate surface area is 104 Å². The molecule has 88 valence electrons. The average molecular weight is 286 g/mol. The standard InChI is InChI=1S/C12H16BrNO2/c1-8(2)11(15)7-12(16)14-10-5-3-9(13)4-6-10/h3-6,8,11,15H,7H2,1-2H3,(H,14,16). The van der Waals surface area contributed by atoms with Crippen molar-refractivity contribution in [3.05, 3.63) is 28.7 Å². The summed E-state index contributed by atoms with van der Waals surface area (Å²) in [6.07, 6.45) is -0.455. The molecule has 16 heavy (non-hydrogen) atoms. The minimum absolute atomic E-state index is 0.0932. The Hall–Kier alpha value is -0.870. The van der Waals surface area contributed by atoms with E-state index in [1.807, 2.05) is 38.1 Å². The number of benzene rings is 1. The van der Waals surface area contributed by atoms with Crippen LogP contribution in [-0.2, 0) is 4.79 Å². The van der Waals surface area contributed by atoms with Crippen LogP contribution >= 0.6 is 15.9 Å². The molecule has 0 heterocycles. The number of halogens is 1. The average Bonchev–Trinajstić information content (AvgIpc) is 2.21. The molecule has 0 fully saturated rings. The number of anilines is 1. The lowest BCUT2D eigenvalue weighted by molar-refractivity contribution is -0.118. The van der Waals surface area contributed by atoms with Crippen LogP contribution in [0.1, 0.15) is 20.3 Å². The van der Waals surface area contributed by atoms with Gasteiger partial charge >= 0.3 is 0 Å². The second-order valence-electron chi connectivity index (χ2n) is 4.07. The third-order valence-electron chi connectivity index (χ3n) is 2.29. The molecule has 1 unspecified atom stereocenters. The van der Waals surface area contributed by atoms with Gasteiger partial charge in [0.25, 0.3) is 0 Å². The van der Waals surface area contributed by atoms with Gasteiger partial charge in [-0.25, -0.2) is 0 Å².